The molecule has 2 aromatic carbocycles. The molecule has 1 N–H and O–H groups in total. The van der Waals surface area contributed by atoms with Gasteiger partial charge in [0.25, 0.3) is 0 Å². The van der Waals surface area contributed by atoms with Gasteiger partial charge in [-0.05, 0) is 36.2 Å². The normalized spacial score (nSPS) is 16.6. The number of nitrogens with one attached hydrogen (secondary N) is 1. The van der Waals surface area contributed by atoms with Crippen molar-refractivity contribution in [3.05, 3.63) is 64.4 Å². The van der Waals surface area contributed by atoms with Crippen LogP contribution >= 0.6 is 11.6 Å². The van der Waals surface area contributed by atoms with E-state index in [9.17, 15) is 4.79 Å². The summed E-state index contributed by atoms with van der Waals surface area (Å²) in [6, 6.07) is 13.5. The molecule has 116 valence electrons. The van der Waals surface area contributed by atoms with E-state index in [1.807, 2.05) is 30.3 Å². The van der Waals surface area contributed by atoms with Crippen molar-refractivity contribution < 1.29 is 9.21 Å². The van der Waals surface area contributed by atoms with E-state index >= 15 is 0 Å². The summed E-state index contributed by atoms with van der Waals surface area (Å²) in [5, 5.41) is 4.69. The van der Waals surface area contributed by atoms with Crippen molar-refractivity contribution in [2.45, 2.75) is 25.7 Å². The maximum atomic E-state index is 12.4. The first-order chi connectivity index (χ1) is 11.2. The Morgan fingerprint density at radius 1 is 1.22 bits per heavy atom. The standard InChI is InChI=1S/C19H16ClNO2/c1-2-17-14(12-5-3-4-6-18(12)23-17)10-15-13-9-11(20)7-8-16(13)21-19(15)22/h3-9,15H,2,10H2,1H3,(H,21,22)/t15-/m0/s1. The number of halogens is 1. The van der Waals surface area contributed by atoms with Gasteiger partial charge in [-0.3, -0.25) is 4.79 Å². The van der Waals surface area contributed by atoms with E-state index in [1.165, 1.54) is 0 Å². The maximum absolute atomic E-state index is 12.4. The minimum absolute atomic E-state index is 0.0228. The van der Waals surface area contributed by atoms with E-state index in [-0.39, 0.29) is 11.8 Å². The summed E-state index contributed by atoms with van der Waals surface area (Å²) < 4.78 is 5.95. The van der Waals surface area contributed by atoms with Crippen LogP contribution in [-0.4, -0.2) is 5.91 Å². The van der Waals surface area contributed by atoms with E-state index in [4.69, 9.17) is 16.0 Å². The molecule has 0 bridgehead atoms. The van der Waals surface area contributed by atoms with Crippen molar-refractivity contribution in [2.24, 2.45) is 0 Å². The average molecular weight is 326 g/mol. The van der Waals surface area contributed by atoms with Crippen molar-refractivity contribution in [3.63, 3.8) is 0 Å². The Kier molecular flexibility index (Phi) is 3.38. The summed E-state index contributed by atoms with van der Waals surface area (Å²) in [4.78, 5) is 12.4. The van der Waals surface area contributed by atoms with Crippen molar-refractivity contribution in [1.29, 1.82) is 0 Å². The lowest BCUT2D eigenvalue weighted by atomic mass is 9.91. The minimum Gasteiger partial charge on any atom is -0.461 e. The number of aryl methyl sites for hydroxylation is 1. The van der Waals surface area contributed by atoms with Crippen molar-refractivity contribution in [3.8, 4) is 0 Å². The average Bonchev–Trinajstić information content (AvgIpc) is 3.06. The highest BCUT2D eigenvalue weighted by molar-refractivity contribution is 6.31. The number of benzene rings is 2. The summed E-state index contributed by atoms with van der Waals surface area (Å²) >= 11 is 6.11. The monoisotopic (exact) mass is 325 g/mol. The van der Waals surface area contributed by atoms with Crippen molar-refractivity contribution >= 4 is 34.2 Å². The molecule has 0 aliphatic carbocycles. The largest absolute Gasteiger partial charge is 0.461 e. The number of amides is 1. The second kappa shape index (κ2) is 5.43. The van der Waals surface area contributed by atoms with Crippen LogP contribution in [0.15, 0.2) is 46.9 Å². The van der Waals surface area contributed by atoms with Gasteiger partial charge >= 0.3 is 0 Å². The lowest BCUT2D eigenvalue weighted by Gasteiger charge is -2.09. The fourth-order valence-electron chi connectivity index (χ4n) is 3.36. The molecular formula is C19H16ClNO2. The fourth-order valence-corrected chi connectivity index (χ4v) is 3.54. The van der Waals surface area contributed by atoms with Crippen molar-refractivity contribution in [2.75, 3.05) is 5.32 Å². The Balaban J connectivity index is 1.80. The third-order valence-corrected chi connectivity index (χ3v) is 4.71. The van der Waals surface area contributed by atoms with Crippen LogP contribution in [0.1, 0.15) is 29.7 Å². The molecule has 0 fully saturated rings. The second-order valence-electron chi connectivity index (χ2n) is 5.83. The number of hydrogen-bond acceptors (Lipinski definition) is 2. The number of para-hydroxylation sites is 1. The Hall–Kier alpha value is -2.26. The molecule has 1 amide bonds. The number of fused-ring (bicyclic) bond motifs is 2. The van der Waals surface area contributed by atoms with Gasteiger partial charge in [0.1, 0.15) is 11.3 Å². The van der Waals surface area contributed by atoms with E-state index < -0.39 is 0 Å². The number of carbonyl (C=O) groups is 1. The Morgan fingerprint density at radius 2 is 2.04 bits per heavy atom. The van der Waals surface area contributed by atoms with Crippen LogP contribution in [0.4, 0.5) is 5.69 Å². The molecule has 1 atom stereocenters. The third-order valence-electron chi connectivity index (χ3n) is 4.47. The lowest BCUT2D eigenvalue weighted by Crippen LogP contribution is -2.14. The summed E-state index contributed by atoms with van der Waals surface area (Å²) in [6.07, 6.45) is 1.43. The molecule has 4 rings (SSSR count). The number of carbonyl (C=O) groups excluding carboxylic acids is 1. The van der Waals surface area contributed by atoms with Gasteiger partial charge in [-0.25, -0.2) is 0 Å². The molecule has 0 saturated carbocycles. The first-order valence-electron chi connectivity index (χ1n) is 7.77. The summed E-state index contributed by atoms with van der Waals surface area (Å²) in [5.74, 6) is 0.749. The molecule has 3 nitrogen and oxygen atoms in total. The van der Waals surface area contributed by atoms with Crippen LogP contribution < -0.4 is 5.32 Å². The fraction of sp³-hybridized carbons (Fsp3) is 0.211. The molecule has 2 heterocycles. The number of furan rings is 1. The number of anilines is 1. The summed E-state index contributed by atoms with van der Waals surface area (Å²) in [6.45, 7) is 2.07. The van der Waals surface area contributed by atoms with Gasteiger partial charge in [-0.2, -0.15) is 0 Å². The zero-order valence-electron chi connectivity index (χ0n) is 12.7. The maximum Gasteiger partial charge on any atom is 0.232 e. The van der Waals surface area contributed by atoms with Crippen LogP contribution in [0.2, 0.25) is 5.02 Å². The van der Waals surface area contributed by atoms with E-state index in [1.54, 1.807) is 6.07 Å². The quantitative estimate of drug-likeness (QED) is 0.742. The molecule has 3 aromatic rings. The Morgan fingerprint density at radius 3 is 2.87 bits per heavy atom. The second-order valence-corrected chi connectivity index (χ2v) is 6.27. The van der Waals surface area contributed by atoms with Gasteiger partial charge in [0.2, 0.25) is 5.91 Å². The number of rotatable bonds is 3. The van der Waals surface area contributed by atoms with Crippen LogP contribution in [0.5, 0.6) is 0 Å². The van der Waals surface area contributed by atoms with E-state index in [0.29, 0.717) is 11.4 Å². The predicted molar refractivity (Wildman–Crippen MR) is 92.1 cm³/mol. The van der Waals surface area contributed by atoms with Crippen LogP contribution in [-0.2, 0) is 17.6 Å². The molecule has 0 radical (unpaired) electrons. The molecule has 0 spiro atoms. The van der Waals surface area contributed by atoms with Gasteiger partial charge in [-0.1, -0.05) is 36.7 Å². The van der Waals surface area contributed by atoms with Gasteiger partial charge in [0.15, 0.2) is 0 Å². The van der Waals surface area contributed by atoms with Gasteiger partial charge in [0, 0.05) is 28.1 Å². The highest BCUT2D eigenvalue weighted by atomic mass is 35.5. The Bertz CT molecular complexity index is 913. The van der Waals surface area contributed by atoms with Gasteiger partial charge in [0.05, 0.1) is 5.92 Å². The molecule has 0 saturated heterocycles. The smallest absolute Gasteiger partial charge is 0.232 e. The first-order valence-corrected chi connectivity index (χ1v) is 8.14. The van der Waals surface area contributed by atoms with Crippen LogP contribution in [0, 0.1) is 0 Å². The predicted octanol–water partition coefficient (Wildman–Crippen LogP) is 4.93. The minimum atomic E-state index is -0.227. The molecular weight excluding hydrogens is 310 g/mol. The lowest BCUT2D eigenvalue weighted by molar-refractivity contribution is -0.117. The highest BCUT2D eigenvalue weighted by Crippen LogP contribution is 2.39. The number of hydrogen-bond donors (Lipinski definition) is 1. The van der Waals surface area contributed by atoms with E-state index in [2.05, 4.69) is 18.3 Å². The van der Waals surface area contributed by atoms with Gasteiger partial charge < -0.3 is 9.73 Å². The molecule has 1 aliphatic heterocycles. The van der Waals surface area contributed by atoms with Crippen molar-refractivity contribution in [1.82, 2.24) is 0 Å². The zero-order valence-corrected chi connectivity index (χ0v) is 13.5. The highest BCUT2D eigenvalue weighted by Gasteiger charge is 2.32. The third kappa shape index (κ3) is 2.32. The molecule has 1 aromatic heterocycles. The van der Waals surface area contributed by atoms with Crippen LogP contribution in [0.3, 0.4) is 0 Å². The molecule has 4 heteroatoms. The summed E-state index contributed by atoms with van der Waals surface area (Å²) in [7, 11) is 0. The first kappa shape index (κ1) is 14.3. The van der Waals surface area contributed by atoms with Crippen LogP contribution in [0.25, 0.3) is 11.0 Å². The molecule has 1 aliphatic rings. The van der Waals surface area contributed by atoms with E-state index in [0.717, 1.165) is 40.0 Å². The SMILES string of the molecule is CCc1oc2ccccc2c1C[C@@H]1C(=O)Nc2ccc(Cl)cc21. The molecule has 0 unspecified atom stereocenters. The topological polar surface area (TPSA) is 42.2 Å². The molecule has 23 heavy (non-hydrogen) atoms. The Labute approximate surface area is 139 Å². The summed E-state index contributed by atoms with van der Waals surface area (Å²) in [5.41, 5.74) is 3.82. The van der Waals surface area contributed by atoms with Gasteiger partial charge in [-0.15, -0.1) is 0 Å². The zero-order chi connectivity index (χ0) is 16.0.